The summed E-state index contributed by atoms with van der Waals surface area (Å²) in [6, 6.07) is 11.0. The standard InChI is InChI=1S/C24H29ClN2O3/c1-16-13-19(14-17(2)23(16)25)30-15-22(28)27(3)21-12-8-7-11-20(21)24(29)26-18-9-5-4-6-10-18/h7-8,11-14,18H,4-6,9-10,15H2,1-3H3,(H,26,29). The van der Waals surface area contributed by atoms with Crippen LogP contribution in [0.15, 0.2) is 36.4 Å². The van der Waals surface area contributed by atoms with Gasteiger partial charge in [0.15, 0.2) is 6.61 Å². The van der Waals surface area contributed by atoms with Crippen molar-refractivity contribution in [2.75, 3.05) is 18.6 Å². The molecule has 1 saturated carbocycles. The van der Waals surface area contributed by atoms with E-state index in [2.05, 4.69) is 5.32 Å². The highest BCUT2D eigenvalue weighted by molar-refractivity contribution is 6.32. The van der Waals surface area contributed by atoms with Crippen LogP contribution in [0.4, 0.5) is 5.69 Å². The normalized spacial score (nSPS) is 14.3. The van der Waals surface area contributed by atoms with Gasteiger partial charge in [0.25, 0.3) is 11.8 Å². The predicted molar refractivity (Wildman–Crippen MR) is 121 cm³/mol. The van der Waals surface area contributed by atoms with Crippen LogP contribution in [-0.2, 0) is 4.79 Å². The molecular formula is C24H29ClN2O3. The average molecular weight is 429 g/mol. The van der Waals surface area contributed by atoms with E-state index in [1.807, 2.05) is 38.1 Å². The van der Waals surface area contributed by atoms with E-state index in [-0.39, 0.29) is 24.5 Å². The number of aryl methyl sites for hydroxylation is 2. The molecule has 1 aliphatic carbocycles. The Morgan fingerprint density at radius 2 is 1.73 bits per heavy atom. The van der Waals surface area contributed by atoms with Gasteiger partial charge in [-0.05, 0) is 62.1 Å². The van der Waals surface area contributed by atoms with Crippen LogP contribution in [0.3, 0.4) is 0 Å². The average Bonchev–Trinajstić information content (AvgIpc) is 2.75. The Morgan fingerprint density at radius 1 is 1.10 bits per heavy atom. The summed E-state index contributed by atoms with van der Waals surface area (Å²) in [6.45, 7) is 3.67. The minimum atomic E-state index is -0.238. The van der Waals surface area contributed by atoms with Gasteiger partial charge in [0.2, 0.25) is 0 Å². The molecule has 1 aliphatic rings. The molecule has 0 atom stereocenters. The van der Waals surface area contributed by atoms with Crippen molar-refractivity contribution in [2.24, 2.45) is 0 Å². The Labute approximate surface area is 183 Å². The molecule has 2 aromatic carbocycles. The Hall–Kier alpha value is -2.53. The van der Waals surface area contributed by atoms with Crippen molar-refractivity contribution in [2.45, 2.75) is 52.0 Å². The highest BCUT2D eigenvalue weighted by atomic mass is 35.5. The number of hydrogen-bond donors (Lipinski definition) is 1. The van der Waals surface area contributed by atoms with E-state index in [1.54, 1.807) is 19.2 Å². The van der Waals surface area contributed by atoms with Crippen molar-refractivity contribution in [1.82, 2.24) is 5.32 Å². The first-order chi connectivity index (χ1) is 14.4. The third-order valence-electron chi connectivity index (χ3n) is 5.60. The van der Waals surface area contributed by atoms with Crippen LogP contribution in [0.2, 0.25) is 5.02 Å². The quantitative estimate of drug-likeness (QED) is 0.699. The maximum atomic E-state index is 12.9. The summed E-state index contributed by atoms with van der Waals surface area (Å²) in [4.78, 5) is 27.1. The number of rotatable bonds is 6. The molecule has 5 nitrogen and oxygen atoms in total. The Balaban J connectivity index is 1.67. The lowest BCUT2D eigenvalue weighted by Crippen LogP contribution is -2.38. The van der Waals surface area contributed by atoms with E-state index in [9.17, 15) is 9.59 Å². The first kappa shape index (κ1) is 22.2. The monoisotopic (exact) mass is 428 g/mol. The Morgan fingerprint density at radius 3 is 2.40 bits per heavy atom. The van der Waals surface area contributed by atoms with Gasteiger partial charge in [0, 0.05) is 18.1 Å². The molecule has 0 heterocycles. The molecule has 0 radical (unpaired) electrons. The molecule has 30 heavy (non-hydrogen) atoms. The predicted octanol–water partition coefficient (Wildman–Crippen LogP) is 5.06. The lowest BCUT2D eigenvalue weighted by Gasteiger charge is -2.25. The maximum absolute atomic E-state index is 12.9. The molecule has 3 rings (SSSR count). The fourth-order valence-electron chi connectivity index (χ4n) is 3.83. The molecule has 1 N–H and O–H groups in total. The van der Waals surface area contributed by atoms with Crippen molar-refractivity contribution in [3.8, 4) is 5.75 Å². The van der Waals surface area contributed by atoms with Crippen LogP contribution in [0.5, 0.6) is 5.75 Å². The zero-order chi connectivity index (χ0) is 21.7. The topological polar surface area (TPSA) is 58.6 Å². The van der Waals surface area contributed by atoms with E-state index in [1.165, 1.54) is 11.3 Å². The van der Waals surface area contributed by atoms with Gasteiger partial charge in [-0.15, -0.1) is 0 Å². The molecule has 2 amide bonds. The minimum Gasteiger partial charge on any atom is -0.484 e. The number of nitrogens with one attached hydrogen (secondary N) is 1. The van der Waals surface area contributed by atoms with E-state index < -0.39 is 0 Å². The van der Waals surface area contributed by atoms with Gasteiger partial charge in [-0.2, -0.15) is 0 Å². The van der Waals surface area contributed by atoms with Crippen LogP contribution in [0.25, 0.3) is 0 Å². The van der Waals surface area contributed by atoms with Gasteiger partial charge in [-0.1, -0.05) is 43.0 Å². The zero-order valence-electron chi connectivity index (χ0n) is 17.8. The van der Waals surface area contributed by atoms with E-state index in [0.717, 1.165) is 36.8 Å². The molecule has 2 aromatic rings. The Bertz CT molecular complexity index is 899. The number of carbonyl (C=O) groups excluding carboxylic acids is 2. The summed E-state index contributed by atoms with van der Waals surface area (Å²) in [5.74, 6) is 0.222. The van der Waals surface area contributed by atoms with Gasteiger partial charge in [-0.25, -0.2) is 0 Å². The van der Waals surface area contributed by atoms with Crippen LogP contribution >= 0.6 is 11.6 Å². The van der Waals surface area contributed by atoms with E-state index in [0.29, 0.717) is 22.0 Å². The number of nitrogens with zero attached hydrogens (tertiary/aromatic N) is 1. The van der Waals surface area contributed by atoms with Crippen LogP contribution < -0.4 is 15.0 Å². The molecular weight excluding hydrogens is 400 g/mol. The van der Waals surface area contributed by atoms with Crippen molar-refractivity contribution in [1.29, 1.82) is 0 Å². The lowest BCUT2D eigenvalue weighted by atomic mass is 9.95. The molecule has 1 fully saturated rings. The summed E-state index contributed by atoms with van der Waals surface area (Å²) in [5.41, 5.74) is 2.87. The smallest absolute Gasteiger partial charge is 0.264 e. The van der Waals surface area contributed by atoms with Crippen molar-refractivity contribution in [3.05, 3.63) is 58.1 Å². The van der Waals surface area contributed by atoms with Gasteiger partial charge in [0.05, 0.1) is 11.3 Å². The van der Waals surface area contributed by atoms with Crippen molar-refractivity contribution < 1.29 is 14.3 Å². The number of amides is 2. The number of benzene rings is 2. The Kier molecular flexibility index (Phi) is 7.38. The van der Waals surface area contributed by atoms with Gasteiger partial charge < -0.3 is 15.0 Å². The number of carbonyl (C=O) groups is 2. The first-order valence-corrected chi connectivity index (χ1v) is 10.8. The van der Waals surface area contributed by atoms with Gasteiger partial charge >= 0.3 is 0 Å². The number of hydrogen-bond acceptors (Lipinski definition) is 3. The second-order valence-electron chi connectivity index (χ2n) is 7.94. The minimum absolute atomic E-state index is 0.129. The SMILES string of the molecule is Cc1cc(OCC(=O)N(C)c2ccccc2C(=O)NC2CCCCC2)cc(C)c1Cl. The zero-order valence-corrected chi connectivity index (χ0v) is 18.6. The number of halogens is 1. The van der Waals surface area contributed by atoms with E-state index >= 15 is 0 Å². The molecule has 6 heteroatoms. The van der Waals surface area contributed by atoms with Gasteiger partial charge in [0.1, 0.15) is 5.75 Å². The number of ether oxygens (including phenoxy) is 1. The van der Waals surface area contributed by atoms with Crippen molar-refractivity contribution >= 4 is 29.1 Å². The molecule has 0 aromatic heterocycles. The largest absolute Gasteiger partial charge is 0.484 e. The van der Waals surface area contributed by atoms with Crippen LogP contribution in [0, 0.1) is 13.8 Å². The molecule has 0 saturated heterocycles. The molecule has 0 bridgehead atoms. The summed E-state index contributed by atoms with van der Waals surface area (Å²) >= 11 is 6.19. The first-order valence-electron chi connectivity index (χ1n) is 10.4. The molecule has 160 valence electrons. The maximum Gasteiger partial charge on any atom is 0.264 e. The number of anilines is 1. The fraction of sp³-hybridized carbons (Fsp3) is 0.417. The summed E-state index contributed by atoms with van der Waals surface area (Å²) < 4.78 is 5.70. The third kappa shape index (κ3) is 5.33. The van der Waals surface area contributed by atoms with Gasteiger partial charge in [-0.3, -0.25) is 9.59 Å². The summed E-state index contributed by atoms with van der Waals surface area (Å²) in [7, 11) is 1.66. The number of likely N-dealkylation sites (N-methyl/N-ethyl adjacent to an activating group) is 1. The lowest BCUT2D eigenvalue weighted by molar-refractivity contribution is -0.120. The fourth-order valence-corrected chi connectivity index (χ4v) is 3.94. The highest BCUT2D eigenvalue weighted by Gasteiger charge is 2.22. The second kappa shape index (κ2) is 9.98. The van der Waals surface area contributed by atoms with Crippen molar-refractivity contribution in [3.63, 3.8) is 0 Å². The number of para-hydroxylation sites is 1. The van der Waals surface area contributed by atoms with Crippen LogP contribution in [-0.4, -0.2) is 31.5 Å². The second-order valence-corrected chi connectivity index (χ2v) is 8.32. The summed E-state index contributed by atoms with van der Waals surface area (Å²) in [5, 5.41) is 3.82. The van der Waals surface area contributed by atoms with Crippen LogP contribution in [0.1, 0.15) is 53.6 Å². The summed E-state index contributed by atoms with van der Waals surface area (Å²) in [6.07, 6.45) is 5.54. The molecule has 0 spiro atoms. The molecule has 0 unspecified atom stereocenters. The third-order valence-corrected chi connectivity index (χ3v) is 6.19. The van der Waals surface area contributed by atoms with E-state index in [4.69, 9.17) is 16.3 Å². The molecule has 0 aliphatic heterocycles. The highest BCUT2D eigenvalue weighted by Crippen LogP contribution is 2.26.